The molecule has 2 fully saturated rings. The predicted molar refractivity (Wildman–Crippen MR) is 70.4 cm³/mol. The van der Waals surface area contributed by atoms with Crippen LogP contribution in [0.25, 0.3) is 0 Å². The molecule has 1 spiro atoms. The van der Waals surface area contributed by atoms with Crippen molar-refractivity contribution < 1.29 is 9.15 Å². The van der Waals surface area contributed by atoms with E-state index in [0.717, 1.165) is 31.7 Å². The highest BCUT2D eigenvalue weighted by Gasteiger charge is 2.43. The van der Waals surface area contributed by atoms with Gasteiger partial charge in [-0.25, -0.2) is 0 Å². The molecule has 1 aromatic rings. The lowest BCUT2D eigenvalue weighted by Gasteiger charge is -2.47. The quantitative estimate of drug-likeness (QED) is 0.829. The number of hydrogen-bond acceptors (Lipinski definition) is 3. The molecule has 1 N–H and O–H groups in total. The van der Waals surface area contributed by atoms with Crippen molar-refractivity contribution in [3.05, 3.63) is 24.2 Å². The molecule has 3 rings (SSSR count). The number of rotatable bonds is 1. The zero-order valence-corrected chi connectivity index (χ0v) is 11.4. The van der Waals surface area contributed by atoms with Crippen LogP contribution in [-0.2, 0) is 4.74 Å². The van der Waals surface area contributed by atoms with Crippen molar-refractivity contribution in [1.29, 1.82) is 0 Å². The average molecular weight is 249 g/mol. The molecular formula is C15H23NO2. The summed E-state index contributed by atoms with van der Waals surface area (Å²) in [6, 6.07) is 3.95. The summed E-state index contributed by atoms with van der Waals surface area (Å²) in [4.78, 5) is 0. The summed E-state index contributed by atoms with van der Waals surface area (Å²) < 4.78 is 11.9. The molecule has 2 heterocycles. The lowest BCUT2D eigenvalue weighted by atomic mass is 9.70. The zero-order valence-electron chi connectivity index (χ0n) is 11.4. The van der Waals surface area contributed by atoms with Crippen molar-refractivity contribution >= 4 is 0 Å². The van der Waals surface area contributed by atoms with Gasteiger partial charge in [-0.3, -0.25) is 0 Å². The second-order valence-electron chi connectivity index (χ2n) is 6.60. The number of nitrogens with one attached hydrogen (secondary N) is 1. The van der Waals surface area contributed by atoms with Crippen LogP contribution in [0.1, 0.15) is 51.4 Å². The molecule has 1 unspecified atom stereocenters. The van der Waals surface area contributed by atoms with Gasteiger partial charge in [-0.2, -0.15) is 0 Å². The highest BCUT2D eigenvalue weighted by Crippen LogP contribution is 2.44. The molecule has 3 nitrogen and oxygen atoms in total. The first-order valence-electron chi connectivity index (χ1n) is 7.01. The number of morpholine rings is 1. The Balaban J connectivity index is 1.71. The Morgan fingerprint density at radius 2 is 2.00 bits per heavy atom. The third-order valence-corrected chi connectivity index (χ3v) is 4.54. The molecule has 1 saturated heterocycles. The van der Waals surface area contributed by atoms with E-state index in [4.69, 9.17) is 9.15 Å². The van der Waals surface area contributed by atoms with Gasteiger partial charge < -0.3 is 14.5 Å². The maximum Gasteiger partial charge on any atom is 0.133 e. The number of ether oxygens (including phenoxy) is 1. The first kappa shape index (κ1) is 12.2. The van der Waals surface area contributed by atoms with Crippen molar-refractivity contribution in [2.24, 2.45) is 5.41 Å². The monoisotopic (exact) mass is 249 g/mol. The molecule has 0 aromatic carbocycles. The molecule has 0 amide bonds. The van der Waals surface area contributed by atoms with Gasteiger partial charge in [0.1, 0.15) is 11.9 Å². The third kappa shape index (κ3) is 2.34. The van der Waals surface area contributed by atoms with Crippen LogP contribution in [0.2, 0.25) is 0 Å². The minimum Gasteiger partial charge on any atom is -0.467 e. The van der Waals surface area contributed by atoms with E-state index >= 15 is 0 Å². The fourth-order valence-electron chi connectivity index (χ4n) is 3.13. The van der Waals surface area contributed by atoms with Gasteiger partial charge in [0.05, 0.1) is 11.9 Å². The lowest BCUT2D eigenvalue weighted by Crippen LogP contribution is -2.53. The van der Waals surface area contributed by atoms with Crippen molar-refractivity contribution in [3.8, 4) is 0 Å². The van der Waals surface area contributed by atoms with Crippen LogP contribution in [0.15, 0.2) is 22.8 Å². The van der Waals surface area contributed by atoms with Gasteiger partial charge in [-0.15, -0.1) is 0 Å². The summed E-state index contributed by atoms with van der Waals surface area (Å²) in [5.74, 6) is 0.950. The Hall–Kier alpha value is -0.800. The van der Waals surface area contributed by atoms with Gasteiger partial charge in [0.25, 0.3) is 0 Å². The summed E-state index contributed by atoms with van der Waals surface area (Å²) in [5.41, 5.74) is 0.511. The van der Waals surface area contributed by atoms with E-state index in [-0.39, 0.29) is 11.7 Å². The maximum absolute atomic E-state index is 6.40. The molecule has 1 aromatic heterocycles. The smallest absolute Gasteiger partial charge is 0.133 e. The Labute approximate surface area is 109 Å². The minimum absolute atomic E-state index is 0.0330. The van der Waals surface area contributed by atoms with Gasteiger partial charge in [-0.1, -0.05) is 13.8 Å². The maximum atomic E-state index is 6.40. The van der Waals surface area contributed by atoms with Crippen molar-refractivity contribution in [1.82, 2.24) is 5.32 Å². The Kier molecular flexibility index (Phi) is 2.99. The Morgan fingerprint density at radius 3 is 2.67 bits per heavy atom. The number of furan rings is 1. The Bertz CT molecular complexity index is 387. The van der Waals surface area contributed by atoms with E-state index in [1.807, 2.05) is 12.1 Å². The normalized spacial score (nSPS) is 30.4. The Morgan fingerprint density at radius 1 is 1.22 bits per heavy atom. The standard InChI is InChI=1S/C15H23NO2/c1-14(2)5-7-15(8-6-14)11-16-10-13(18-15)12-4-3-9-17-12/h3-4,9,13,16H,5-8,10-11H2,1-2H3. The van der Waals surface area contributed by atoms with Gasteiger partial charge in [0.2, 0.25) is 0 Å². The summed E-state index contributed by atoms with van der Waals surface area (Å²) in [6.45, 7) is 6.57. The highest BCUT2D eigenvalue weighted by atomic mass is 16.5. The molecule has 2 aliphatic rings. The SMILES string of the molecule is CC1(C)CCC2(CC1)CNCC(c1ccco1)O2. The van der Waals surface area contributed by atoms with Gasteiger partial charge in [-0.05, 0) is 43.2 Å². The topological polar surface area (TPSA) is 34.4 Å². The van der Waals surface area contributed by atoms with Gasteiger partial charge in [0, 0.05) is 13.1 Å². The van der Waals surface area contributed by atoms with Crippen LogP contribution in [0.3, 0.4) is 0 Å². The molecule has 100 valence electrons. The van der Waals surface area contributed by atoms with Gasteiger partial charge in [0.15, 0.2) is 0 Å². The molecule has 1 aliphatic carbocycles. The van der Waals surface area contributed by atoms with E-state index in [1.165, 1.54) is 12.8 Å². The molecule has 3 heteroatoms. The van der Waals surface area contributed by atoms with Crippen molar-refractivity contribution in [2.45, 2.75) is 51.2 Å². The van der Waals surface area contributed by atoms with Crippen LogP contribution >= 0.6 is 0 Å². The fourth-order valence-corrected chi connectivity index (χ4v) is 3.13. The summed E-state index contributed by atoms with van der Waals surface area (Å²) >= 11 is 0. The van der Waals surface area contributed by atoms with Crippen molar-refractivity contribution in [3.63, 3.8) is 0 Å². The molecule has 0 bridgehead atoms. The predicted octanol–water partition coefficient (Wildman–Crippen LogP) is 3.28. The summed E-state index contributed by atoms with van der Waals surface area (Å²) in [7, 11) is 0. The van der Waals surface area contributed by atoms with Crippen LogP contribution < -0.4 is 5.32 Å². The molecule has 1 saturated carbocycles. The lowest BCUT2D eigenvalue weighted by molar-refractivity contribution is -0.152. The molecule has 1 aliphatic heterocycles. The highest BCUT2D eigenvalue weighted by molar-refractivity contribution is 5.06. The fraction of sp³-hybridized carbons (Fsp3) is 0.733. The van der Waals surface area contributed by atoms with E-state index in [1.54, 1.807) is 6.26 Å². The van der Waals surface area contributed by atoms with Crippen LogP contribution in [0.5, 0.6) is 0 Å². The average Bonchev–Trinajstić information content (AvgIpc) is 2.88. The first-order chi connectivity index (χ1) is 8.59. The number of hydrogen-bond donors (Lipinski definition) is 1. The molecule has 0 radical (unpaired) electrons. The van der Waals surface area contributed by atoms with E-state index in [0.29, 0.717) is 5.41 Å². The molecular weight excluding hydrogens is 226 g/mol. The van der Waals surface area contributed by atoms with Crippen LogP contribution in [0, 0.1) is 5.41 Å². The molecule has 18 heavy (non-hydrogen) atoms. The van der Waals surface area contributed by atoms with Crippen LogP contribution in [0.4, 0.5) is 0 Å². The second kappa shape index (κ2) is 4.39. The molecule has 1 atom stereocenters. The summed E-state index contributed by atoms with van der Waals surface area (Å²) in [5, 5.41) is 3.53. The van der Waals surface area contributed by atoms with Crippen molar-refractivity contribution in [2.75, 3.05) is 13.1 Å². The van der Waals surface area contributed by atoms with E-state index in [9.17, 15) is 0 Å². The van der Waals surface area contributed by atoms with Crippen LogP contribution in [-0.4, -0.2) is 18.7 Å². The first-order valence-corrected chi connectivity index (χ1v) is 7.01. The second-order valence-corrected chi connectivity index (χ2v) is 6.60. The van der Waals surface area contributed by atoms with E-state index in [2.05, 4.69) is 19.2 Å². The zero-order chi connectivity index (χ0) is 12.6. The minimum atomic E-state index is 0.0330. The van der Waals surface area contributed by atoms with E-state index < -0.39 is 0 Å². The third-order valence-electron chi connectivity index (χ3n) is 4.54. The van der Waals surface area contributed by atoms with Gasteiger partial charge >= 0.3 is 0 Å². The largest absolute Gasteiger partial charge is 0.467 e. The summed E-state index contributed by atoms with van der Waals surface area (Å²) in [6.07, 6.45) is 6.62.